The van der Waals surface area contributed by atoms with Gasteiger partial charge in [0.2, 0.25) is 0 Å². The molecule has 2 unspecified atom stereocenters. The van der Waals surface area contributed by atoms with Gasteiger partial charge < -0.3 is 0 Å². The molecule has 0 radical (unpaired) electrons. The molecule has 0 spiro atoms. The van der Waals surface area contributed by atoms with E-state index in [0.29, 0.717) is 12.0 Å². The van der Waals surface area contributed by atoms with E-state index in [1.165, 1.54) is 115 Å². The molecule has 1 heterocycles. The van der Waals surface area contributed by atoms with Gasteiger partial charge in [0.15, 0.2) is 0 Å². The summed E-state index contributed by atoms with van der Waals surface area (Å²) in [5, 5.41) is 0. The number of aromatic amines is 1. The predicted octanol–water partition coefficient (Wildman–Crippen LogP) is 8.64. The fourth-order valence-electron chi connectivity index (χ4n) is 4.48. The van der Waals surface area contributed by atoms with Crippen LogP contribution in [0.25, 0.3) is 0 Å². The van der Waals surface area contributed by atoms with E-state index in [4.69, 9.17) is 0 Å². The molecular formula is C26H51N2+. The first-order valence-corrected chi connectivity index (χ1v) is 12.8. The summed E-state index contributed by atoms with van der Waals surface area (Å²) >= 11 is 0. The zero-order valence-corrected chi connectivity index (χ0v) is 19.8. The number of nitrogens with zero attached hydrogens (tertiary/aromatic N) is 1. The molecule has 0 amide bonds. The van der Waals surface area contributed by atoms with E-state index in [9.17, 15) is 0 Å². The number of aromatic nitrogens is 2. The second-order valence-electron chi connectivity index (χ2n) is 9.03. The zero-order valence-electron chi connectivity index (χ0n) is 19.8. The lowest BCUT2D eigenvalue weighted by molar-refractivity contribution is -0.727. The van der Waals surface area contributed by atoms with Gasteiger partial charge in [-0.25, -0.2) is 9.55 Å². The summed E-state index contributed by atoms with van der Waals surface area (Å²) in [5.41, 5.74) is 0. The molecule has 2 heteroatoms. The molecule has 0 aliphatic carbocycles. The monoisotopic (exact) mass is 391 g/mol. The minimum atomic E-state index is 0.622. The summed E-state index contributed by atoms with van der Waals surface area (Å²) in [5.74, 6) is 2.16. The highest BCUT2D eigenvalue weighted by Crippen LogP contribution is 2.24. The van der Waals surface area contributed by atoms with Crippen molar-refractivity contribution in [3.05, 3.63) is 18.2 Å². The molecule has 0 aliphatic heterocycles. The van der Waals surface area contributed by atoms with Crippen LogP contribution in [0.2, 0.25) is 0 Å². The Hall–Kier alpha value is -0.790. The number of hydrogen-bond acceptors (Lipinski definition) is 0. The van der Waals surface area contributed by atoms with Gasteiger partial charge in [0, 0.05) is 0 Å². The van der Waals surface area contributed by atoms with E-state index in [2.05, 4.69) is 49.6 Å². The average Bonchev–Trinajstić information content (AvgIpc) is 3.19. The van der Waals surface area contributed by atoms with Gasteiger partial charge >= 0.3 is 0 Å². The van der Waals surface area contributed by atoms with Crippen molar-refractivity contribution in [2.24, 2.45) is 0 Å². The predicted molar refractivity (Wildman–Crippen MR) is 124 cm³/mol. The lowest BCUT2D eigenvalue weighted by atomic mass is 9.96. The number of hydrogen-bond donors (Lipinski definition) is 1. The Balaban J connectivity index is 2.15. The Bertz CT molecular complexity index is 451. The topological polar surface area (TPSA) is 19.7 Å². The van der Waals surface area contributed by atoms with E-state index in [-0.39, 0.29) is 0 Å². The molecule has 1 aromatic heterocycles. The lowest BCUT2D eigenvalue weighted by Crippen LogP contribution is -2.41. The van der Waals surface area contributed by atoms with E-state index in [0.717, 1.165) is 0 Å². The normalized spacial score (nSPS) is 13.7. The van der Waals surface area contributed by atoms with E-state index >= 15 is 0 Å². The van der Waals surface area contributed by atoms with Gasteiger partial charge in [0.05, 0.1) is 12.0 Å². The molecule has 1 rings (SSSR count). The fraction of sp³-hybridized carbons (Fsp3) is 0.885. The lowest BCUT2D eigenvalue weighted by Gasteiger charge is -2.15. The van der Waals surface area contributed by atoms with Crippen LogP contribution in [0.4, 0.5) is 0 Å². The van der Waals surface area contributed by atoms with Crippen LogP contribution in [0.15, 0.2) is 12.4 Å². The van der Waals surface area contributed by atoms with Crippen LogP contribution in [0.3, 0.4) is 0 Å². The number of nitrogens with one attached hydrogen (secondary N) is 1. The minimum absolute atomic E-state index is 0.622. The Labute approximate surface area is 176 Å². The molecular weight excluding hydrogens is 340 g/mol. The average molecular weight is 392 g/mol. The van der Waals surface area contributed by atoms with Crippen molar-refractivity contribution in [2.45, 2.75) is 149 Å². The molecule has 2 nitrogen and oxygen atoms in total. The van der Waals surface area contributed by atoms with Gasteiger partial charge in [-0.15, -0.1) is 0 Å². The molecule has 0 bridgehead atoms. The maximum atomic E-state index is 3.57. The van der Waals surface area contributed by atoms with Crippen LogP contribution in [-0.4, -0.2) is 4.98 Å². The maximum Gasteiger partial charge on any atom is 0.257 e. The Morgan fingerprint density at radius 1 is 0.714 bits per heavy atom. The van der Waals surface area contributed by atoms with E-state index < -0.39 is 0 Å². The van der Waals surface area contributed by atoms with Gasteiger partial charge in [-0.05, 0) is 32.6 Å². The van der Waals surface area contributed by atoms with Crippen LogP contribution in [-0.2, 0) is 0 Å². The molecule has 0 saturated carbocycles. The largest absolute Gasteiger partial charge is 0.257 e. The molecule has 1 aromatic rings. The van der Waals surface area contributed by atoms with Gasteiger partial charge in [-0.1, -0.05) is 104 Å². The molecule has 0 fully saturated rings. The minimum Gasteiger partial charge on any atom is -0.247 e. The summed E-state index contributed by atoms with van der Waals surface area (Å²) < 4.78 is 2.52. The van der Waals surface area contributed by atoms with Crippen LogP contribution >= 0.6 is 0 Å². The third-order valence-corrected chi connectivity index (χ3v) is 6.48. The Morgan fingerprint density at radius 3 is 1.79 bits per heavy atom. The smallest absolute Gasteiger partial charge is 0.247 e. The summed E-state index contributed by atoms with van der Waals surface area (Å²) in [4.78, 5) is 3.57. The Kier molecular flexibility index (Phi) is 15.4. The number of H-pyrrole nitrogens is 1. The molecule has 0 saturated heterocycles. The molecule has 2 atom stereocenters. The highest BCUT2D eigenvalue weighted by molar-refractivity contribution is 4.89. The SMILES string of the molecule is CCCCCCCCCCCCCCC(CC)c1[nH]cc[n+]1C(C)CCCC. The molecule has 164 valence electrons. The summed E-state index contributed by atoms with van der Waals surface area (Å²) in [6.45, 7) is 9.32. The van der Waals surface area contributed by atoms with Crippen molar-refractivity contribution in [3.8, 4) is 0 Å². The number of rotatable bonds is 19. The second-order valence-corrected chi connectivity index (χ2v) is 9.03. The van der Waals surface area contributed by atoms with Crippen molar-refractivity contribution in [3.63, 3.8) is 0 Å². The number of imidazole rings is 1. The Morgan fingerprint density at radius 2 is 1.25 bits per heavy atom. The van der Waals surface area contributed by atoms with Gasteiger partial charge in [0.1, 0.15) is 12.4 Å². The standard InChI is InChI=1S/C26H50N2/c1-5-8-10-11-12-13-14-15-16-17-18-19-21-25(7-3)26-27-22-23-28(26)24(4)20-9-6-2/h22-25H,5-21H2,1-4H3/p+1. The van der Waals surface area contributed by atoms with Gasteiger partial charge in [-0.2, -0.15) is 0 Å². The van der Waals surface area contributed by atoms with Crippen LogP contribution in [0.5, 0.6) is 0 Å². The highest BCUT2D eigenvalue weighted by atomic mass is 15.1. The second kappa shape index (κ2) is 17.1. The van der Waals surface area contributed by atoms with Crippen LogP contribution in [0.1, 0.15) is 155 Å². The first-order valence-electron chi connectivity index (χ1n) is 12.8. The highest BCUT2D eigenvalue weighted by Gasteiger charge is 2.23. The van der Waals surface area contributed by atoms with Crippen molar-refractivity contribution in [2.75, 3.05) is 0 Å². The van der Waals surface area contributed by atoms with Gasteiger partial charge in [-0.3, -0.25) is 0 Å². The molecule has 1 N–H and O–H groups in total. The summed E-state index contributed by atoms with van der Waals surface area (Å²) in [6.07, 6.45) is 28.1. The van der Waals surface area contributed by atoms with E-state index in [1.54, 1.807) is 0 Å². The van der Waals surface area contributed by atoms with Crippen molar-refractivity contribution < 1.29 is 4.57 Å². The summed E-state index contributed by atoms with van der Waals surface area (Å²) in [6, 6.07) is 0.622. The van der Waals surface area contributed by atoms with Crippen molar-refractivity contribution >= 4 is 0 Å². The third kappa shape index (κ3) is 10.7. The molecule has 0 aromatic carbocycles. The maximum absolute atomic E-state index is 3.57. The number of unbranched alkanes of at least 4 members (excludes halogenated alkanes) is 12. The van der Waals surface area contributed by atoms with Crippen molar-refractivity contribution in [1.82, 2.24) is 4.98 Å². The van der Waals surface area contributed by atoms with Crippen LogP contribution in [0, 0.1) is 0 Å². The quantitative estimate of drug-likeness (QED) is 0.180. The summed E-state index contributed by atoms with van der Waals surface area (Å²) in [7, 11) is 0. The first kappa shape index (κ1) is 25.2. The zero-order chi connectivity index (χ0) is 20.5. The van der Waals surface area contributed by atoms with E-state index in [1.807, 2.05) is 0 Å². The fourth-order valence-corrected chi connectivity index (χ4v) is 4.48. The van der Waals surface area contributed by atoms with Gasteiger partial charge in [0.25, 0.3) is 5.82 Å². The first-order chi connectivity index (χ1) is 13.7. The third-order valence-electron chi connectivity index (χ3n) is 6.48. The van der Waals surface area contributed by atoms with Crippen molar-refractivity contribution in [1.29, 1.82) is 0 Å². The van der Waals surface area contributed by atoms with Crippen LogP contribution < -0.4 is 4.57 Å². The molecule has 0 aliphatic rings. The molecule has 28 heavy (non-hydrogen) atoms.